The Labute approximate surface area is 119 Å². The molecule has 2 N–H and O–H groups in total. The number of nitrogens with one attached hydrogen (secondary N) is 1. The van der Waals surface area contributed by atoms with Gasteiger partial charge in [-0.15, -0.1) is 0 Å². The number of carboxylic acids is 1. The molecule has 0 aromatic heterocycles. The molecule has 0 unspecified atom stereocenters. The van der Waals surface area contributed by atoms with Crippen molar-refractivity contribution in [2.45, 2.75) is 6.92 Å². The number of hydrogen-bond donors (Lipinski definition) is 2. The second-order valence-corrected chi connectivity index (χ2v) is 4.39. The first-order valence-electron chi connectivity index (χ1n) is 5.99. The summed E-state index contributed by atoms with van der Waals surface area (Å²) >= 11 is 0. The van der Waals surface area contributed by atoms with Gasteiger partial charge in [-0.05, 0) is 36.8 Å². The molecule has 0 saturated carbocycles. The maximum atomic E-state index is 13.8. The van der Waals surface area contributed by atoms with Gasteiger partial charge < -0.3 is 10.4 Å². The molecule has 0 fully saturated rings. The van der Waals surface area contributed by atoms with Crippen LogP contribution in [0.1, 0.15) is 26.3 Å². The summed E-state index contributed by atoms with van der Waals surface area (Å²) in [6.45, 7) is 1.50. The Morgan fingerprint density at radius 1 is 1.14 bits per heavy atom. The van der Waals surface area contributed by atoms with Crippen molar-refractivity contribution >= 4 is 17.6 Å². The third-order valence-corrected chi connectivity index (χ3v) is 2.90. The smallest absolute Gasteiger partial charge is 0.335 e. The van der Waals surface area contributed by atoms with Crippen LogP contribution in [0, 0.1) is 18.6 Å². The molecular formula is C15H11F2NO3. The molecule has 108 valence electrons. The second-order valence-electron chi connectivity index (χ2n) is 4.39. The van der Waals surface area contributed by atoms with E-state index in [2.05, 4.69) is 5.32 Å². The van der Waals surface area contributed by atoms with Crippen molar-refractivity contribution in [2.75, 3.05) is 5.32 Å². The van der Waals surface area contributed by atoms with Gasteiger partial charge in [-0.2, -0.15) is 0 Å². The van der Waals surface area contributed by atoms with Gasteiger partial charge in [0.15, 0.2) is 0 Å². The van der Waals surface area contributed by atoms with Crippen molar-refractivity contribution in [2.24, 2.45) is 0 Å². The molecule has 1 amide bonds. The van der Waals surface area contributed by atoms with E-state index in [9.17, 15) is 18.4 Å². The fourth-order valence-corrected chi connectivity index (χ4v) is 1.77. The topological polar surface area (TPSA) is 66.4 Å². The number of aryl methyl sites for hydroxylation is 1. The molecule has 0 heterocycles. The van der Waals surface area contributed by atoms with Gasteiger partial charge in [-0.3, -0.25) is 4.79 Å². The van der Waals surface area contributed by atoms with E-state index >= 15 is 0 Å². The lowest BCUT2D eigenvalue weighted by atomic mass is 10.1. The number of carbonyl (C=O) groups is 2. The first-order valence-corrected chi connectivity index (χ1v) is 5.99. The van der Waals surface area contributed by atoms with Crippen molar-refractivity contribution < 1.29 is 23.5 Å². The number of anilines is 1. The van der Waals surface area contributed by atoms with Crippen LogP contribution in [0.2, 0.25) is 0 Å². The standard InChI is InChI=1S/C15H11F2NO3/c1-8-3-2-4-10(13(8)17)14(19)18-12-7-9(15(20)21)5-6-11(12)16/h2-7H,1H3,(H,18,19)(H,20,21). The van der Waals surface area contributed by atoms with Crippen LogP contribution in [0.25, 0.3) is 0 Å². The molecule has 2 aromatic rings. The monoisotopic (exact) mass is 291 g/mol. The molecule has 0 atom stereocenters. The molecule has 0 aliphatic carbocycles. The summed E-state index contributed by atoms with van der Waals surface area (Å²) in [6.07, 6.45) is 0. The Morgan fingerprint density at radius 3 is 2.52 bits per heavy atom. The molecule has 0 spiro atoms. The average Bonchev–Trinajstić information content (AvgIpc) is 2.43. The molecule has 0 aliphatic heterocycles. The van der Waals surface area contributed by atoms with Crippen molar-refractivity contribution in [3.05, 3.63) is 64.7 Å². The summed E-state index contributed by atoms with van der Waals surface area (Å²) in [5.41, 5.74) is -0.463. The number of halogens is 2. The van der Waals surface area contributed by atoms with Crippen LogP contribution in [0.3, 0.4) is 0 Å². The third kappa shape index (κ3) is 3.05. The molecule has 0 saturated heterocycles. The van der Waals surface area contributed by atoms with Gasteiger partial charge in [0, 0.05) is 0 Å². The van der Waals surface area contributed by atoms with E-state index in [0.29, 0.717) is 0 Å². The number of hydrogen-bond acceptors (Lipinski definition) is 2. The highest BCUT2D eigenvalue weighted by Crippen LogP contribution is 2.19. The van der Waals surface area contributed by atoms with E-state index in [4.69, 9.17) is 5.11 Å². The third-order valence-electron chi connectivity index (χ3n) is 2.90. The van der Waals surface area contributed by atoms with E-state index in [1.807, 2.05) is 0 Å². The first kappa shape index (κ1) is 14.6. The van der Waals surface area contributed by atoms with Crippen molar-refractivity contribution in [3.8, 4) is 0 Å². The number of carbonyl (C=O) groups excluding carboxylic acids is 1. The van der Waals surface area contributed by atoms with Crippen LogP contribution >= 0.6 is 0 Å². The SMILES string of the molecule is Cc1cccc(C(=O)Nc2cc(C(=O)O)ccc2F)c1F. The van der Waals surface area contributed by atoms with Crippen LogP contribution in [0.4, 0.5) is 14.5 Å². The minimum Gasteiger partial charge on any atom is -0.478 e. The zero-order valence-electron chi connectivity index (χ0n) is 11.0. The van der Waals surface area contributed by atoms with Crippen molar-refractivity contribution in [1.82, 2.24) is 0 Å². The highest BCUT2D eigenvalue weighted by Gasteiger charge is 2.16. The van der Waals surface area contributed by atoms with Gasteiger partial charge in [-0.25, -0.2) is 13.6 Å². The summed E-state index contributed by atoms with van der Waals surface area (Å²) in [4.78, 5) is 22.8. The second kappa shape index (κ2) is 5.70. The van der Waals surface area contributed by atoms with E-state index in [1.54, 1.807) is 0 Å². The van der Waals surface area contributed by atoms with Gasteiger partial charge in [0.05, 0.1) is 16.8 Å². The van der Waals surface area contributed by atoms with Gasteiger partial charge >= 0.3 is 5.97 Å². The largest absolute Gasteiger partial charge is 0.478 e. The molecule has 0 radical (unpaired) electrons. The number of carboxylic acid groups (broad SMARTS) is 1. The maximum absolute atomic E-state index is 13.8. The Hall–Kier alpha value is -2.76. The Balaban J connectivity index is 2.33. The molecule has 4 nitrogen and oxygen atoms in total. The maximum Gasteiger partial charge on any atom is 0.335 e. The number of aromatic carboxylic acids is 1. The summed E-state index contributed by atoms with van der Waals surface area (Å²) in [5.74, 6) is -3.61. The molecule has 21 heavy (non-hydrogen) atoms. The predicted octanol–water partition coefficient (Wildman–Crippen LogP) is 3.22. The normalized spacial score (nSPS) is 10.2. The lowest BCUT2D eigenvalue weighted by Gasteiger charge is -2.09. The number of benzene rings is 2. The average molecular weight is 291 g/mol. The quantitative estimate of drug-likeness (QED) is 0.912. The highest BCUT2D eigenvalue weighted by atomic mass is 19.1. The van der Waals surface area contributed by atoms with E-state index in [-0.39, 0.29) is 22.4 Å². The van der Waals surface area contributed by atoms with E-state index in [1.165, 1.54) is 25.1 Å². The Kier molecular flexibility index (Phi) is 3.98. The van der Waals surface area contributed by atoms with Crippen LogP contribution in [0.5, 0.6) is 0 Å². The zero-order valence-corrected chi connectivity index (χ0v) is 11.0. The van der Waals surface area contributed by atoms with Crippen LogP contribution in [-0.4, -0.2) is 17.0 Å². The van der Waals surface area contributed by atoms with Gasteiger partial charge in [0.1, 0.15) is 11.6 Å². The molecule has 0 bridgehead atoms. The van der Waals surface area contributed by atoms with Crippen molar-refractivity contribution in [3.63, 3.8) is 0 Å². The van der Waals surface area contributed by atoms with Gasteiger partial charge in [0.25, 0.3) is 5.91 Å². The Bertz CT molecular complexity index is 729. The fraction of sp³-hybridized carbons (Fsp3) is 0.0667. The minimum absolute atomic E-state index is 0.184. The van der Waals surface area contributed by atoms with E-state index < -0.39 is 23.5 Å². The number of rotatable bonds is 3. The molecule has 2 rings (SSSR count). The van der Waals surface area contributed by atoms with Gasteiger partial charge in [0.2, 0.25) is 0 Å². The summed E-state index contributed by atoms with van der Waals surface area (Å²) in [6, 6.07) is 7.22. The molecular weight excluding hydrogens is 280 g/mol. The van der Waals surface area contributed by atoms with E-state index in [0.717, 1.165) is 18.2 Å². The highest BCUT2D eigenvalue weighted by molar-refractivity contribution is 6.05. The van der Waals surface area contributed by atoms with Crippen LogP contribution in [0.15, 0.2) is 36.4 Å². The van der Waals surface area contributed by atoms with Gasteiger partial charge in [-0.1, -0.05) is 12.1 Å². The summed E-state index contributed by atoms with van der Waals surface area (Å²) < 4.78 is 27.4. The first-order chi connectivity index (χ1) is 9.90. The van der Waals surface area contributed by atoms with Crippen molar-refractivity contribution in [1.29, 1.82) is 0 Å². The number of amides is 1. The summed E-state index contributed by atoms with van der Waals surface area (Å²) in [5, 5.41) is 11.0. The fourth-order valence-electron chi connectivity index (χ4n) is 1.77. The van der Waals surface area contributed by atoms with Crippen LogP contribution in [-0.2, 0) is 0 Å². The lowest BCUT2D eigenvalue weighted by molar-refractivity contribution is 0.0696. The molecule has 2 aromatic carbocycles. The zero-order chi connectivity index (χ0) is 15.6. The summed E-state index contributed by atoms with van der Waals surface area (Å²) in [7, 11) is 0. The lowest BCUT2D eigenvalue weighted by Crippen LogP contribution is -2.15. The Morgan fingerprint density at radius 2 is 1.86 bits per heavy atom. The van der Waals surface area contributed by atoms with Crippen LogP contribution < -0.4 is 5.32 Å². The predicted molar refractivity (Wildman–Crippen MR) is 72.4 cm³/mol. The minimum atomic E-state index is -1.26. The molecule has 6 heteroatoms. The molecule has 0 aliphatic rings.